The molecule has 1 aromatic heterocycles. The number of anilines is 1. The number of benzene rings is 1. The Bertz CT molecular complexity index is 756. The van der Waals surface area contributed by atoms with Gasteiger partial charge in [0.15, 0.2) is 0 Å². The van der Waals surface area contributed by atoms with Crippen LogP contribution in [0.5, 0.6) is 0 Å². The summed E-state index contributed by atoms with van der Waals surface area (Å²) < 4.78 is 7.38. The lowest BCUT2D eigenvalue weighted by Gasteiger charge is -2.28. The van der Waals surface area contributed by atoms with Gasteiger partial charge in [0.05, 0.1) is 25.0 Å². The molecule has 0 unspecified atom stereocenters. The summed E-state index contributed by atoms with van der Waals surface area (Å²) in [5.41, 5.74) is 3.26. The van der Waals surface area contributed by atoms with Gasteiger partial charge in [0.25, 0.3) is 0 Å². The minimum atomic E-state index is -0.548. The first-order valence-electron chi connectivity index (χ1n) is 10.2. The molecule has 0 aliphatic heterocycles. The van der Waals surface area contributed by atoms with E-state index in [2.05, 4.69) is 42.4 Å². The summed E-state index contributed by atoms with van der Waals surface area (Å²) in [6.07, 6.45) is 1.15. The molecule has 6 nitrogen and oxygen atoms in total. The molecular formula is C23H36N4O2. The highest BCUT2D eigenvalue weighted by molar-refractivity contribution is 5.69. The lowest BCUT2D eigenvalue weighted by atomic mass is 10.1. The van der Waals surface area contributed by atoms with Crippen LogP contribution in [0.2, 0.25) is 0 Å². The zero-order valence-corrected chi connectivity index (χ0v) is 18.5. The molecular weight excluding hydrogens is 364 g/mol. The first-order valence-corrected chi connectivity index (χ1v) is 10.2. The van der Waals surface area contributed by atoms with Gasteiger partial charge in [0.1, 0.15) is 5.82 Å². The molecule has 0 aliphatic carbocycles. The molecule has 0 saturated heterocycles. The van der Waals surface area contributed by atoms with Gasteiger partial charge in [-0.2, -0.15) is 5.10 Å². The SMILES string of the molecule is C=CCOC[C@H](O)CN(Cc1c(-c2ccccc2)nn(C)c1N(C)C)CC(C)C. The number of aryl methyl sites for hydroxylation is 1. The Labute approximate surface area is 175 Å². The Morgan fingerprint density at radius 2 is 1.90 bits per heavy atom. The Kier molecular flexibility index (Phi) is 8.89. The van der Waals surface area contributed by atoms with Gasteiger partial charge < -0.3 is 14.7 Å². The number of aromatic nitrogens is 2. The van der Waals surface area contributed by atoms with Crippen LogP contribution in [-0.2, 0) is 18.3 Å². The van der Waals surface area contributed by atoms with E-state index in [0.717, 1.165) is 23.6 Å². The summed E-state index contributed by atoms with van der Waals surface area (Å²) >= 11 is 0. The molecule has 160 valence electrons. The quantitative estimate of drug-likeness (QED) is 0.438. The second-order valence-electron chi connectivity index (χ2n) is 8.10. The van der Waals surface area contributed by atoms with Crippen molar-refractivity contribution in [2.24, 2.45) is 13.0 Å². The highest BCUT2D eigenvalue weighted by Crippen LogP contribution is 2.31. The van der Waals surface area contributed by atoms with Gasteiger partial charge in [0, 0.05) is 51.9 Å². The van der Waals surface area contributed by atoms with Crippen LogP contribution >= 0.6 is 0 Å². The molecule has 0 amide bonds. The number of hydrogen-bond donors (Lipinski definition) is 1. The fourth-order valence-corrected chi connectivity index (χ4v) is 3.67. The maximum atomic E-state index is 10.5. The van der Waals surface area contributed by atoms with Crippen molar-refractivity contribution >= 4 is 5.82 Å². The average Bonchev–Trinajstić information content (AvgIpc) is 2.98. The largest absolute Gasteiger partial charge is 0.389 e. The average molecular weight is 401 g/mol. The molecule has 0 aliphatic rings. The Hall–Kier alpha value is -2.15. The van der Waals surface area contributed by atoms with Crippen molar-refractivity contribution < 1.29 is 9.84 Å². The van der Waals surface area contributed by atoms with E-state index >= 15 is 0 Å². The van der Waals surface area contributed by atoms with Gasteiger partial charge >= 0.3 is 0 Å². The van der Waals surface area contributed by atoms with Crippen molar-refractivity contribution in [3.05, 3.63) is 48.6 Å². The third-order valence-electron chi connectivity index (χ3n) is 4.60. The van der Waals surface area contributed by atoms with Crippen LogP contribution in [-0.4, -0.2) is 66.3 Å². The van der Waals surface area contributed by atoms with Gasteiger partial charge in [-0.15, -0.1) is 6.58 Å². The van der Waals surface area contributed by atoms with E-state index in [1.807, 2.05) is 44.0 Å². The molecule has 0 spiro atoms. The zero-order chi connectivity index (χ0) is 21.4. The van der Waals surface area contributed by atoms with E-state index < -0.39 is 6.10 Å². The molecule has 1 N–H and O–H groups in total. The predicted molar refractivity (Wildman–Crippen MR) is 120 cm³/mol. The predicted octanol–water partition coefficient (Wildman–Crippen LogP) is 3.17. The number of aliphatic hydroxyl groups is 1. The molecule has 1 aromatic carbocycles. The minimum Gasteiger partial charge on any atom is -0.389 e. The molecule has 0 bridgehead atoms. The molecule has 1 atom stereocenters. The van der Waals surface area contributed by atoms with Crippen molar-refractivity contribution in [2.75, 3.05) is 45.3 Å². The third kappa shape index (κ3) is 6.70. The normalized spacial score (nSPS) is 12.6. The second-order valence-corrected chi connectivity index (χ2v) is 8.10. The van der Waals surface area contributed by atoms with Crippen molar-refractivity contribution in [2.45, 2.75) is 26.5 Å². The lowest BCUT2D eigenvalue weighted by molar-refractivity contribution is 0.0224. The van der Waals surface area contributed by atoms with Crippen molar-refractivity contribution in [1.29, 1.82) is 0 Å². The van der Waals surface area contributed by atoms with Crippen LogP contribution in [0.3, 0.4) is 0 Å². The van der Waals surface area contributed by atoms with Crippen molar-refractivity contribution in [3.8, 4) is 11.3 Å². The van der Waals surface area contributed by atoms with E-state index in [1.54, 1.807) is 6.08 Å². The number of hydrogen-bond acceptors (Lipinski definition) is 5. The van der Waals surface area contributed by atoms with Gasteiger partial charge in [-0.3, -0.25) is 9.58 Å². The zero-order valence-electron chi connectivity index (χ0n) is 18.5. The molecule has 0 fully saturated rings. The Morgan fingerprint density at radius 1 is 1.21 bits per heavy atom. The molecule has 2 rings (SSSR count). The Morgan fingerprint density at radius 3 is 2.48 bits per heavy atom. The summed E-state index contributed by atoms with van der Waals surface area (Å²) in [4.78, 5) is 4.40. The number of ether oxygens (including phenoxy) is 1. The van der Waals surface area contributed by atoms with Crippen molar-refractivity contribution in [1.82, 2.24) is 14.7 Å². The summed E-state index contributed by atoms with van der Waals surface area (Å²) in [6.45, 7) is 10.9. The highest BCUT2D eigenvalue weighted by Gasteiger charge is 2.23. The van der Waals surface area contributed by atoms with Gasteiger partial charge in [0.2, 0.25) is 0 Å². The van der Waals surface area contributed by atoms with Crippen LogP contribution in [0, 0.1) is 5.92 Å². The third-order valence-corrected chi connectivity index (χ3v) is 4.60. The van der Waals surface area contributed by atoms with Gasteiger partial charge in [-0.05, 0) is 5.92 Å². The molecule has 29 heavy (non-hydrogen) atoms. The topological polar surface area (TPSA) is 53.8 Å². The lowest BCUT2D eigenvalue weighted by Crippen LogP contribution is -2.37. The molecule has 0 saturated carbocycles. The van der Waals surface area contributed by atoms with E-state index in [-0.39, 0.29) is 0 Å². The minimum absolute atomic E-state index is 0.305. The number of aliphatic hydroxyl groups excluding tert-OH is 1. The number of nitrogens with zero attached hydrogens (tertiary/aromatic N) is 4. The van der Waals surface area contributed by atoms with E-state index in [4.69, 9.17) is 9.84 Å². The fourth-order valence-electron chi connectivity index (χ4n) is 3.67. The monoisotopic (exact) mass is 400 g/mol. The van der Waals surface area contributed by atoms with E-state index in [9.17, 15) is 5.11 Å². The second kappa shape index (κ2) is 11.1. The van der Waals surface area contributed by atoms with E-state index in [0.29, 0.717) is 32.2 Å². The fraction of sp³-hybridized carbons (Fsp3) is 0.522. The van der Waals surface area contributed by atoms with Crippen molar-refractivity contribution in [3.63, 3.8) is 0 Å². The summed E-state index contributed by atoms with van der Waals surface area (Å²) in [5, 5.41) is 15.3. The first kappa shape index (κ1) is 23.1. The maximum absolute atomic E-state index is 10.5. The smallest absolute Gasteiger partial charge is 0.131 e. The van der Waals surface area contributed by atoms with Crippen LogP contribution in [0.15, 0.2) is 43.0 Å². The van der Waals surface area contributed by atoms with Crippen LogP contribution in [0.1, 0.15) is 19.4 Å². The summed E-state index contributed by atoms with van der Waals surface area (Å²) in [7, 11) is 6.07. The summed E-state index contributed by atoms with van der Waals surface area (Å²) in [5.74, 6) is 1.56. The van der Waals surface area contributed by atoms with E-state index in [1.165, 1.54) is 5.56 Å². The standard InChI is InChI=1S/C23H36N4O2/c1-7-13-29-17-20(28)15-27(14-18(2)3)16-21-22(19-11-9-8-10-12-19)24-26(6)23(21)25(4)5/h7-12,18,20,28H,1,13-17H2,2-6H3/t20-/m1/s1. The molecule has 0 radical (unpaired) electrons. The van der Waals surface area contributed by atoms with Gasteiger partial charge in [-0.1, -0.05) is 50.3 Å². The van der Waals surface area contributed by atoms with Crippen LogP contribution < -0.4 is 4.90 Å². The first-order chi connectivity index (χ1) is 13.8. The molecule has 6 heteroatoms. The van der Waals surface area contributed by atoms with Gasteiger partial charge in [-0.25, -0.2) is 0 Å². The maximum Gasteiger partial charge on any atom is 0.131 e. The summed E-state index contributed by atoms with van der Waals surface area (Å²) in [6, 6.07) is 10.3. The highest BCUT2D eigenvalue weighted by atomic mass is 16.5. The Balaban J connectivity index is 2.32. The molecule has 1 heterocycles. The van der Waals surface area contributed by atoms with Crippen LogP contribution in [0.4, 0.5) is 5.82 Å². The number of rotatable bonds is 12. The molecule has 2 aromatic rings. The van der Waals surface area contributed by atoms with Crippen LogP contribution in [0.25, 0.3) is 11.3 Å².